The maximum atomic E-state index is 4.90. The van der Waals surface area contributed by atoms with Crippen LogP contribution in [0.4, 0.5) is 11.4 Å². The van der Waals surface area contributed by atoms with Gasteiger partial charge < -0.3 is 0 Å². The molecule has 0 fully saturated rings. The summed E-state index contributed by atoms with van der Waals surface area (Å²) in [6.07, 6.45) is 0. The van der Waals surface area contributed by atoms with E-state index < -0.39 is 0 Å². The molecule has 3 aromatic rings. The number of thiophene rings is 1. The van der Waals surface area contributed by atoms with Crippen LogP contribution in [0.3, 0.4) is 0 Å². The molecule has 0 spiro atoms. The second-order valence-corrected chi connectivity index (χ2v) is 13.7. The monoisotopic (exact) mass is 588 g/mol. The molecular formula is C24H26Br2FeN2S. The molecule has 6 heteroatoms. The van der Waals surface area contributed by atoms with E-state index in [0.717, 1.165) is 34.1 Å². The summed E-state index contributed by atoms with van der Waals surface area (Å²) in [7, 11) is 0. The van der Waals surface area contributed by atoms with Crippen LogP contribution in [-0.2, 0) is 11.3 Å². The van der Waals surface area contributed by atoms with E-state index in [1.54, 1.807) is 11.3 Å². The van der Waals surface area contributed by atoms with Crippen molar-refractivity contribution < 1.29 is 11.3 Å². The minimum absolute atomic E-state index is 0.875. The van der Waals surface area contributed by atoms with Crippen molar-refractivity contribution in [3.63, 3.8) is 0 Å². The zero-order chi connectivity index (χ0) is 22.3. The van der Waals surface area contributed by atoms with Gasteiger partial charge in [0.05, 0.1) is 22.8 Å². The van der Waals surface area contributed by atoms with Crippen LogP contribution in [-0.4, -0.2) is 11.4 Å². The minimum atomic E-state index is 0.875. The number of rotatable bonds is 4. The molecule has 0 aliphatic carbocycles. The second kappa shape index (κ2) is 12.1. The van der Waals surface area contributed by atoms with Crippen molar-refractivity contribution in [1.82, 2.24) is 0 Å². The Kier molecular flexibility index (Phi) is 10.2. The van der Waals surface area contributed by atoms with Crippen molar-refractivity contribution in [1.29, 1.82) is 0 Å². The van der Waals surface area contributed by atoms with Crippen LogP contribution in [0.25, 0.3) is 0 Å². The molecular weight excluding hydrogens is 564 g/mol. The summed E-state index contributed by atoms with van der Waals surface area (Å²) in [5.74, 6) is 0. The van der Waals surface area contributed by atoms with E-state index in [1.807, 2.05) is 0 Å². The Labute approximate surface area is 204 Å². The van der Waals surface area contributed by atoms with Gasteiger partial charge in [0.25, 0.3) is 0 Å². The Hall–Kier alpha value is -1.04. The molecule has 1 aromatic heterocycles. The number of aliphatic imine (C=N–C) groups is 2. The summed E-state index contributed by atoms with van der Waals surface area (Å²) in [6, 6.07) is 16.9. The standard InChI is InChI=1S/C24H26N2S.2BrH.Fe/c1-15-9-7-10-16(2)23(15)25-19(5)21-13-14-22(27-21)20(6)26-24-17(3)11-8-12-18(24)4;;;/h7-14H,1-6H3;2*1H;/q;;;+2/p-2. The molecule has 0 amide bonds. The fraction of sp³-hybridized carbons (Fsp3) is 0.250. The van der Waals surface area contributed by atoms with Gasteiger partial charge in [0, 0.05) is 9.75 Å². The van der Waals surface area contributed by atoms with Crippen molar-refractivity contribution >= 4 is 62.4 Å². The van der Waals surface area contributed by atoms with Gasteiger partial charge in [0.1, 0.15) is 0 Å². The quantitative estimate of drug-likeness (QED) is 0.214. The molecule has 0 saturated heterocycles. The molecule has 0 bridgehead atoms. The van der Waals surface area contributed by atoms with Crippen molar-refractivity contribution in [3.8, 4) is 0 Å². The number of para-hydroxylation sites is 2. The van der Waals surface area contributed by atoms with E-state index >= 15 is 0 Å². The fourth-order valence-corrected chi connectivity index (χ4v) is 4.03. The van der Waals surface area contributed by atoms with Crippen LogP contribution >= 0.6 is 39.6 Å². The van der Waals surface area contributed by atoms with Crippen molar-refractivity contribution in [2.75, 3.05) is 0 Å². The summed E-state index contributed by atoms with van der Waals surface area (Å²) in [6.45, 7) is 12.6. The summed E-state index contributed by atoms with van der Waals surface area (Å²) in [5, 5.41) is 0. The topological polar surface area (TPSA) is 24.7 Å². The Morgan fingerprint density at radius 3 is 1.27 bits per heavy atom. The van der Waals surface area contributed by atoms with Gasteiger partial charge in [-0.2, -0.15) is 0 Å². The van der Waals surface area contributed by atoms with E-state index in [2.05, 4.69) is 118 Å². The van der Waals surface area contributed by atoms with Crippen molar-refractivity contribution in [2.24, 2.45) is 9.98 Å². The summed E-state index contributed by atoms with van der Waals surface area (Å²) < 4.78 is 0. The first-order valence-electron chi connectivity index (χ1n) is 9.47. The molecule has 0 aliphatic rings. The van der Waals surface area contributed by atoms with E-state index in [0.29, 0.717) is 0 Å². The predicted octanol–water partition coefficient (Wildman–Crippen LogP) is 8.95. The summed E-state index contributed by atoms with van der Waals surface area (Å²) >= 11 is 8.75. The van der Waals surface area contributed by atoms with Crippen LogP contribution in [0.2, 0.25) is 0 Å². The zero-order valence-corrected chi connectivity index (χ0v) is 23.1. The first-order chi connectivity index (χ1) is 14.3. The Bertz CT molecular complexity index is 948. The van der Waals surface area contributed by atoms with Crippen molar-refractivity contribution in [2.45, 2.75) is 41.5 Å². The van der Waals surface area contributed by atoms with Crippen LogP contribution < -0.4 is 0 Å². The van der Waals surface area contributed by atoms with E-state index in [1.165, 1.54) is 32.0 Å². The van der Waals surface area contributed by atoms with Gasteiger partial charge in [-0.25, -0.2) is 0 Å². The van der Waals surface area contributed by atoms with E-state index in [9.17, 15) is 0 Å². The molecule has 2 aromatic carbocycles. The SMILES string of the molecule is CC(=Nc1c(C)cccc1C)c1ccc(C(C)=Nc2c(C)cccc2C)s1.[Br][Fe][Br]. The summed E-state index contributed by atoms with van der Waals surface area (Å²) in [4.78, 5) is 12.2. The Morgan fingerprint density at radius 1 is 0.667 bits per heavy atom. The number of hydrogen-bond donors (Lipinski definition) is 0. The predicted molar refractivity (Wildman–Crippen MR) is 138 cm³/mol. The van der Waals surface area contributed by atoms with Gasteiger partial charge >= 0.3 is 39.6 Å². The number of hydrogen-bond acceptors (Lipinski definition) is 3. The molecule has 0 atom stereocenters. The molecule has 0 saturated carbocycles. The fourth-order valence-electron chi connectivity index (χ4n) is 3.14. The molecule has 160 valence electrons. The first kappa shape index (κ1) is 25.2. The van der Waals surface area contributed by atoms with Gasteiger partial charge in [0.2, 0.25) is 0 Å². The van der Waals surface area contributed by atoms with Gasteiger partial charge in [-0.05, 0) is 75.9 Å². The number of benzene rings is 2. The molecule has 0 N–H and O–H groups in total. The zero-order valence-electron chi connectivity index (χ0n) is 18.0. The molecule has 3 rings (SSSR count). The van der Waals surface area contributed by atoms with E-state index in [4.69, 9.17) is 9.98 Å². The molecule has 0 unspecified atom stereocenters. The van der Waals surface area contributed by atoms with Gasteiger partial charge in [-0.15, -0.1) is 11.3 Å². The molecule has 0 radical (unpaired) electrons. The third kappa shape index (κ3) is 6.73. The number of aryl methyl sites for hydroxylation is 4. The first-order valence-corrected chi connectivity index (χ1v) is 15.7. The maximum absolute atomic E-state index is 4.90. The van der Waals surface area contributed by atoms with Crippen molar-refractivity contribution in [3.05, 3.63) is 80.5 Å². The normalized spacial score (nSPS) is 12.0. The van der Waals surface area contributed by atoms with Crippen LogP contribution in [0.1, 0.15) is 45.9 Å². The van der Waals surface area contributed by atoms with Crippen LogP contribution in [0.15, 0.2) is 58.5 Å². The molecule has 0 aliphatic heterocycles. The Morgan fingerprint density at radius 2 is 0.967 bits per heavy atom. The van der Waals surface area contributed by atoms with Gasteiger partial charge in [0.15, 0.2) is 0 Å². The average Bonchev–Trinajstić information content (AvgIpc) is 3.19. The molecule has 30 heavy (non-hydrogen) atoms. The average molecular weight is 590 g/mol. The van der Waals surface area contributed by atoms with Crippen LogP contribution in [0.5, 0.6) is 0 Å². The third-order valence-corrected chi connectivity index (χ3v) is 6.06. The van der Waals surface area contributed by atoms with Crippen LogP contribution in [0, 0.1) is 27.7 Å². The Balaban J connectivity index is 0.00000101. The molecule has 1 heterocycles. The molecule has 2 nitrogen and oxygen atoms in total. The van der Waals surface area contributed by atoms with Gasteiger partial charge in [-0.3, -0.25) is 9.98 Å². The van der Waals surface area contributed by atoms with E-state index in [-0.39, 0.29) is 0 Å². The number of nitrogens with zero attached hydrogens (tertiary/aromatic N) is 2. The number of halogens is 2. The third-order valence-electron chi connectivity index (χ3n) is 4.76. The van der Waals surface area contributed by atoms with Gasteiger partial charge in [-0.1, -0.05) is 36.4 Å². The summed E-state index contributed by atoms with van der Waals surface area (Å²) in [5.41, 5.74) is 9.07. The second-order valence-electron chi connectivity index (χ2n) is 7.09.